The summed E-state index contributed by atoms with van der Waals surface area (Å²) >= 11 is 0. The fourth-order valence-electron chi connectivity index (χ4n) is 3.24. The van der Waals surface area contributed by atoms with E-state index in [0.29, 0.717) is 38.9 Å². The number of rotatable bonds is 6. The van der Waals surface area contributed by atoms with Crippen LogP contribution in [0.4, 0.5) is 4.39 Å². The Kier molecular flexibility index (Phi) is 5.54. The summed E-state index contributed by atoms with van der Waals surface area (Å²) in [5.41, 5.74) is 0.247. The topological polar surface area (TPSA) is 74.7 Å². The molecule has 0 atom stereocenters. The third-order valence-corrected chi connectivity index (χ3v) is 5.46. The molecule has 0 radical (unpaired) electrons. The number of piperidine rings is 1. The highest BCUT2D eigenvalue weighted by atomic mass is 32.2. The van der Waals surface area contributed by atoms with Gasteiger partial charge in [0.2, 0.25) is 0 Å². The number of benzene rings is 1. The molecule has 1 N–H and O–H groups in total. The molecule has 2 rings (SSSR count). The second-order valence-corrected chi connectivity index (χ2v) is 7.70. The molecule has 1 aromatic carbocycles. The SMILES string of the molecule is CC(=O)C1(c2ccc(F)cc2)CCN(CCCS(=O)(=O)O)CC1. The Morgan fingerprint density at radius 1 is 1.26 bits per heavy atom. The van der Waals surface area contributed by atoms with Gasteiger partial charge in [-0.25, -0.2) is 4.39 Å². The highest BCUT2D eigenvalue weighted by molar-refractivity contribution is 7.85. The van der Waals surface area contributed by atoms with Crippen LogP contribution in [0.15, 0.2) is 24.3 Å². The van der Waals surface area contributed by atoms with E-state index < -0.39 is 15.5 Å². The van der Waals surface area contributed by atoms with E-state index >= 15 is 0 Å². The van der Waals surface area contributed by atoms with Crippen molar-refractivity contribution in [3.05, 3.63) is 35.6 Å². The number of Topliss-reactive ketones (excluding diaryl/α,β-unsaturated/α-hetero) is 1. The lowest BCUT2D eigenvalue weighted by atomic mass is 9.70. The smallest absolute Gasteiger partial charge is 0.264 e. The zero-order chi connectivity index (χ0) is 17.1. The zero-order valence-electron chi connectivity index (χ0n) is 13.2. The van der Waals surface area contributed by atoms with Gasteiger partial charge in [0.1, 0.15) is 11.6 Å². The molecule has 1 aliphatic rings. The summed E-state index contributed by atoms with van der Waals surface area (Å²) in [4.78, 5) is 14.3. The normalized spacial score (nSPS) is 18.7. The summed E-state index contributed by atoms with van der Waals surface area (Å²) in [6, 6.07) is 6.09. The molecule has 0 spiro atoms. The van der Waals surface area contributed by atoms with Gasteiger partial charge in [-0.15, -0.1) is 0 Å². The van der Waals surface area contributed by atoms with E-state index in [9.17, 15) is 17.6 Å². The third-order valence-electron chi connectivity index (χ3n) is 4.66. The number of nitrogens with zero attached hydrogens (tertiary/aromatic N) is 1. The van der Waals surface area contributed by atoms with E-state index in [1.807, 2.05) is 0 Å². The first-order valence-corrected chi connectivity index (χ1v) is 9.28. The van der Waals surface area contributed by atoms with Gasteiger partial charge in [0.15, 0.2) is 0 Å². The summed E-state index contributed by atoms with van der Waals surface area (Å²) in [5.74, 6) is -0.504. The van der Waals surface area contributed by atoms with E-state index in [4.69, 9.17) is 4.55 Å². The molecular formula is C16H22FNO4S. The van der Waals surface area contributed by atoms with Gasteiger partial charge in [0, 0.05) is 0 Å². The molecule has 0 amide bonds. The van der Waals surface area contributed by atoms with Crippen molar-refractivity contribution in [2.45, 2.75) is 31.6 Å². The van der Waals surface area contributed by atoms with Gasteiger partial charge in [-0.05, 0) is 63.5 Å². The Bertz CT molecular complexity index is 649. The van der Waals surface area contributed by atoms with E-state index in [-0.39, 0.29) is 17.4 Å². The maximum atomic E-state index is 13.1. The van der Waals surface area contributed by atoms with Crippen molar-refractivity contribution < 1.29 is 22.2 Å². The molecule has 0 aliphatic carbocycles. The average Bonchev–Trinajstić information content (AvgIpc) is 2.47. The fraction of sp³-hybridized carbons (Fsp3) is 0.562. The molecule has 1 heterocycles. The lowest BCUT2D eigenvalue weighted by Gasteiger charge is -2.40. The molecule has 5 nitrogen and oxygen atoms in total. The number of hydrogen-bond acceptors (Lipinski definition) is 4. The minimum absolute atomic E-state index is 0.0710. The molecule has 1 fully saturated rings. The number of likely N-dealkylation sites (tertiary alicyclic amines) is 1. The van der Waals surface area contributed by atoms with Crippen LogP contribution in [0.3, 0.4) is 0 Å². The molecule has 23 heavy (non-hydrogen) atoms. The van der Waals surface area contributed by atoms with Gasteiger partial charge >= 0.3 is 0 Å². The zero-order valence-corrected chi connectivity index (χ0v) is 14.0. The van der Waals surface area contributed by atoms with Crippen molar-refractivity contribution >= 4 is 15.9 Å². The van der Waals surface area contributed by atoms with Crippen LogP contribution in [0.1, 0.15) is 31.7 Å². The van der Waals surface area contributed by atoms with E-state index in [1.165, 1.54) is 12.1 Å². The quantitative estimate of drug-likeness (QED) is 0.800. The van der Waals surface area contributed by atoms with Crippen LogP contribution in [0.5, 0.6) is 0 Å². The van der Waals surface area contributed by atoms with Gasteiger partial charge in [0.25, 0.3) is 10.1 Å². The fourth-order valence-corrected chi connectivity index (χ4v) is 3.74. The van der Waals surface area contributed by atoms with Crippen LogP contribution in [0, 0.1) is 5.82 Å². The number of carbonyl (C=O) groups is 1. The first kappa shape index (κ1) is 18.0. The highest BCUT2D eigenvalue weighted by Crippen LogP contribution is 2.36. The monoisotopic (exact) mass is 343 g/mol. The molecule has 0 unspecified atom stereocenters. The third kappa shape index (κ3) is 4.59. The summed E-state index contributed by atoms with van der Waals surface area (Å²) in [5, 5.41) is 0. The van der Waals surface area contributed by atoms with Crippen LogP contribution in [-0.4, -0.2) is 49.0 Å². The van der Waals surface area contributed by atoms with Crippen LogP contribution in [-0.2, 0) is 20.3 Å². The molecular weight excluding hydrogens is 321 g/mol. The average molecular weight is 343 g/mol. The molecule has 0 aromatic heterocycles. The lowest BCUT2D eigenvalue weighted by Crippen LogP contribution is -2.46. The second kappa shape index (κ2) is 7.07. The first-order chi connectivity index (χ1) is 10.7. The molecule has 1 aliphatic heterocycles. The standard InChI is InChI=1S/C16H22FNO4S/c1-13(19)16(14-3-5-15(17)6-4-14)7-10-18(11-8-16)9-2-12-23(20,21)22/h3-6H,2,7-12H2,1H3,(H,20,21,22). The largest absolute Gasteiger partial charge is 0.303 e. The van der Waals surface area contributed by atoms with Gasteiger partial charge in [-0.1, -0.05) is 12.1 Å². The van der Waals surface area contributed by atoms with Crippen molar-refractivity contribution in [1.82, 2.24) is 4.90 Å². The van der Waals surface area contributed by atoms with E-state index in [2.05, 4.69) is 4.90 Å². The maximum absolute atomic E-state index is 13.1. The number of hydrogen-bond donors (Lipinski definition) is 1. The lowest BCUT2D eigenvalue weighted by molar-refractivity contribution is -0.124. The van der Waals surface area contributed by atoms with Gasteiger partial charge in [-0.3, -0.25) is 9.35 Å². The summed E-state index contributed by atoms with van der Waals surface area (Å²) in [6.07, 6.45) is 1.61. The van der Waals surface area contributed by atoms with E-state index in [0.717, 1.165) is 5.56 Å². The number of halogens is 1. The van der Waals surface area contributed by atoms with Crippen LogP contribution in [0.25, 0.3) is 0 Å². The Morgan fingerprint density at radius 2 is 1.83 bits per heavy atom. The Morgan fingerprint density at radius 3 is 2.30 bits per heavy atom. The van der Waals surface area contributed by atoms with Crippen molar-refractivity contribution in [3.8, 4) is 0 Å². The van der Waals surface area contributed by atoms with Crippen LogP contribution in [0.2, 0.25) is 0 Å². The van der Waals surface area contributed by atoms with Crippen molar-refractivity contribution in [3.63, 3.8) is 0 Å². The number of carbonyl (C=O) groups excluding carboxylic acids is 1. The molecule has 128 valence electrons. The minimum atomic E-state index is -3.92. The van der Waals surface area contributed by atoms with Gasteiger partial charge in [-0.2, -0.15) is 8.42 Å². The van der Waals surface area contributed by atoms with Crippen LogP contribution < -0.4 is 0 Å². The van der Waals surface area contributed by atoms with Gasteiger partial charge in [0.05, 0.1) is 11.2 Å². The molecule has 0 saturated carbocycles. The Labute approximate surface area is 136 Å². The molecule has 1 saturated heterocycles. The highest BCUT2D eigenvalue weighted by Gasteiger charge is 2.40. The summed E-state index contributed by atoms with van der Waals surface area (Å²) in [7, 11) is -3.92. The second-order valence-electron chi connectivity index (χ2n) is 6.13. The van der Waals surface area contributed by atoms with Crippen LogP contribution >= 0.6 is 0 Å². The first-order valence-electron chi connectivity index (χ1n) is 7.67. The maximum Gasteiger partial charge on any atom is 0.264 e. The number of ketones is 1. The Hall–Kier alpha value is -1.31. The van der Waals surface area contributed by atoms with Gasteiger partial charge < -0.3 is 4.90 Å². The minimum Gasteiger partial charge on any atom is -0.303 e. The summed E-state index contributed by atoms with van der Waals surface area (Å²) in [6.45, 7) is 3.47. The molecule has 0 bridgehead atoms. The summed E-state index contributed by atoms with van der Waals surface area (Å²) < 4.78 is 43.3. The van der Waals surface area contributed by atoms with Crippen molar-refractivity contribution in [2.75, 3.05) is 25.4 Å². The van der Waals surface area contributed by atoms with Crippen molar-refractivity contribution in [1.29, 1.82) is 0 Å². The molecule has 1 aromatic rings. The van der Waals surface area contributed by atoms with Crippen molar-refractivity contribution in [2.24, 2.45) is 0 Å². The molecule has 7 heteroatoms. The predicted octanol–water partition coefficient (Wildman–Crippen LogP) is 2.03. The predicted molar refractivity (Wildman–Crippen MR) is 85.5 cm³/mol. The Balaban J connectivity index is 2.01. The van der Waals surface area contributed by atoms with E-state index in [1.54, 1.807) is 19.1 Å².